The molecule has 1 heterocycles. The van der Waals surface area contributed by atoms with E-state index in [2.05, 4.69) is 4.72 Å². The molecule has 0 aliphatic rings. The van der Waals surface area contributed by atoms with Gasteiger partial charge in [0.1, 0.15) is 23.2 Å². The highest BCUT2D eigenvalue weighted by Gasteiger charge is 2.15. The zero-order valence-electron chi connectivity index (χ0n) is 12.3. The van der Waals surface area contributed by atoms with Gasteiger partial charge in [0.05, 0.1) is 6.42 Å². The second-order valence-electron chi connectivity index (χ2n) is 4.46. The highest BCUT2D eigenvalue weighted by atomic mass is 32.2. The fraction of sp³-hybridized carbons (Fsp3) is 0.267. The van der Waals surface area contributed by atoms with Crippen LogP contribution in [0.15, 0.2) is 52.1 Å². The Kier molecular flexibility index (Phi) is 6.57. The topological polar surface area (TPSA) is 81.7 Å². The molecule has 0 spiro atoms. The van der Waals surface area contributed by atoms with Gasteiger partial charge < -0.3 is 9.47 Å². The third-order valence-electron chi connectivity index (χ3n) is 2.74. The van der Waals surface area contributed by atoms with Crippen LogP contribution >= 0.6 is 11.3 Å². The van der Waals surface area contributed by atoms with Crippen LogP contribution in [0.4, 0.5) is 0 Å². The minimum atomic E-state index is -3.54. The first kappa shape index (κ1) is 17.5. The van der Waals surface area contributed by atoms with Crippen LogP contribution in [0, 0.1) is 0 Å². The van der Waals surface area contributed by atoms with Crippen molar-refractivity contribution in [3.8, 4) is 5.75 Å². The highest BCUT2D eigenvalue weighted by molar-refractivity contribution is 7.91. The standard InChI is InChI=1S/C15H17NO5S2/c17-14(21-11-10-20-13-5-2-1-3-6-13)8-9-16-23(18,19)15-7-4-12-22-15/h1-7,12,16H,8-11H2. The van der Waals surface area contributed by atoms with Crippen LogP contribution in [0.3, 0.4) is 0 Å². The van der Waals surface area contributed by atoms with E-state index in [1.165, 1.54) is 6.07 Å². The van der Waals surface area contributed by atoms with Crippen molar-refractivity contribution in [3.05, 3.63) is 47.8 Å². The Hall–Kier alpha value is -1.90. The number of carbonyl (C=O) groups excluding carboxylic acids is 1. The van der Waals surface area contributed by atoms with E-state index >= 15 is 0 Å². The molecule has 0 fully saturated rings. The van der Waals surface area contributed by atoms with Crippen LogP contribution < -0.4 is 9.46 Å². The summed E-state index contributed by atoms with van der Waals surface area (Å²) in [5.41, 5.74) is 0. The third-order valence-corrected chi connectivity index (χ3v) is 5.60. The molecule has 0 unspecified atom stereocenters. The molecule has 1 N–H and O–H groups in total. The summed E-state index contributed by atoms with van der Waals surface area (Å²) in [5, 5.41) is 1.68. The van der Waals surface area contributed by atoms with E-state index in [-0.39, 0.29) is 30.4 Å². The molecule has 0 atom stereocenters. The molecule has 0 amide bonds. The van der Waals surface area contributed by atoms with Gasteiger partial charge in [0.25, 0.3) is 0 Å². The zero-order chi connectivity index (χ0) is 16.5. The van der Waals surface area contributed by atoms with Crippen molar-refractivity contribution in [2.24, 2.45) is 0 Å². The highest BCUT2D eigenvalue weighted by Crippen LogP contribution is 2.15. The number of nitrogens with one attached hydrogen (secondary N) is 1. The molecule has 1 aromatic carbocycles. The van der Waals surface area contributed by atoms with E-state index in [0.29, 0.717) is 5.75 Å². The molecule has 23 heavy (non-hydrogen) atoms. The molecular weight excluding hydrogens is 338 g/mol. The lowest BCUT2D eigenvalue weighted by Crippen LogP contribution is -2.26. The van der Waals surface area contributed by atoms with Crippen LogP contribution in [-0.4, -0.2) is 34.1 Å². The summed E-state index contributed by atoms with van der Waals surface area (Å²) in [6.07, 6.45) is -0.0318. The normalized spacial score (nSPS) is 11.1. The van der Waals surface area contributed by atoms with Gasteiger partial charge in [-0.15, -0.1) is 11.3 Å². The Labute approximate surface area is 139 Å². The Balaban J connectivity index is 1.60. The number of esters is 1. The van der Waals surface area contributed by atoms with Crippen LogP contribution in [0.25, 0.3) is 0 Å². The van der Waals surface area contributed by atoms with E-state index in [1.54, 1.807) is 23.6 Å². The number of rotatable bonds is 9. The Morgan fingerprint density at radius 1 is 1.09 bits per heavy atom. The van der Waals surface area contributed by atoms with Gasteiger partial charge in [0.2, 0.25) is 10.0 Å². The predicted octanol–water partition coefficient (Wildman–Crippen LogP) is 2.04. The smallest absolute Gasteiger partial charge is 0.307 e. The molecular formula is C15H17NO5S2. The van der Waals surface area contributed by atoms with Gasteiger partial charge in [-0.05, 0) is 23.6 Å². The summed E-state index contributed by atoms with van der Waals surface area (Å²) in [7, 11) is -3.54. The number of thiophene rings is 1. The largest absolute Gasteiger partial charge is 0.490 e. The Bertz CT molecular complexity index is 699. The fourth-order valence-electron chi connectivity index (χ4n) is 1.68. The molecule has 2 rings (SSSR count). The fourth-order valence-corrected chi connectivity index (χ4v) is 3.75. The van der Waals surface area contributed by atoms with Gasteiger partial charge in [-0.25, -0.2) is 13.1 Å². The molecule has 0 saturated carbocycles. The summed E-state index contributed by atoms with van der Waals surface area (Å²) in [4.78, 5) is 11.5. The van der Waals surface area contributed by atoms with Crippen molar-refractivity contribution in [2.45, 2.75) is 10.6 Å². The first-order valence-electron chi connectivity index (χ1n) is 6.94. The molecule has 0 aliphatic heterocycles. The number of benzene rings is 1. The Morgan fingerprint density at radius 2 is 1.87 bits per heavy atom. The van der Waals surface area contributed by atoms with Crippen molar-refractivity contribution < 1.29 is 22.7 Å². The summed E-state index contributed by atoms with van der Waals surface area (Å²) in [6.45, 7) is 0.362. The molecule has 124 valence electrons. The maximum absolute atomic E-state index is 11.8. The van der Waals surface area contributed by atoms with Gasteiger partial charge in [0.15, 0.2) is 0 Å². The van der Waals surface area contributed by atoms with Gasteiger partial charge >= 0.3 is 5.97 Å². The molecule has 6 nitrogen and oxygen atoms in total. The van der Waals surface area contributed by atoms with Crippen LogP contribution in [-0.2, 0) is 19.6 Å². The van der Waals surface area contributed by atoms with Crippen LogP contribution in [0.2, 0.25) is 0 Å². The predicted molar refractivity (Wildman–Crippen MR) is 87.0 cm³/mol. The Morgan fingerprint density at radius 3 is 2.57 bits per heavy atom. The average molecular weight is 355 g/mol. The maximum Gasteiger partial charge on any atom is 0.307 e. The molecule has 8 heteroatoms. The van der Waals surface area contributed by atoms with Crippen LogP contribution in [0.5, 0.6) is 5.75 Å². The summed E-state index contributed by atoms with van der Waals surface area (Å²) >= 11 is 1.12. The van der Waals surface area contributed by atoms with Crippen molar-refractivity contribution in [2.75, 3.05) is 19.8 Å². The average Bonchev–Trinajstić information content (AvgIpc) is 3.08. The minimum absolute atomic E-state index is 0.00138. The van der Waals surface area contributed by atoms with Crippen molar-refractivity contribution >= 4 is 27.3 Å². The lowest BCUT2D eigenvalue weighted by Gasteiger charge is -2.08. The number of carbonyl (C=O) groups is 1. The van der Waals surface area contributed by atoms with E-state index in [9.17, 15) is 13.2 Å². The van der Waals surface area contributed by atoms with E-state index in [0.717, 1.165) is 11.3 Å². The van der Waals surface area contributed by atoms with Gasteiger partial charge in [-0.2, -0.15) is 0 Å². The minimum Gasteiger partial charge on any atom is -0.490 e. The molecule has 2 aromatic rings. The second-order valence-corrected chi connectivity index (χ2v) is 7.40. The number of hydrogen-bond donors (Lipinski definition) is 1. The summed E-state index contributed by atoms with van der Waals surface area (Å²) < 4.78 is 36.6. The molecule has 1 aromatic heterocycles. The van der Waals surface area contributed by atoms with Crippen LogP contribution in [0.1, 0.15) is 6.42 Å². The molecule has 0 aliphatic carbocycles. The number of para-hydroxylation sites is 1. The monoisotopic (exact) mass is 355 g/mol. The third kappa shape index (κ3) is 6.01. The lowest BCUT2D eigenvalue weighted by molar-refractivity contribution is -0.144. The van der Waals surface area contributed by atoms with Gasteiger partial charge in [0, 0.05) is 6.54 Å². The van der Waals surface area contributed by atoms with Crippen molar-refractivity contribution in [1.29, 1.82) is 0 Å². The number of ether oxygens (including phenoxy) is 2. The summed E-state index contributed by atoms with van der Waals surface area (Å²) in [5.74, 6) is 0.225. The first-order chi connectivity index (χ1) is 11.1. The molecule has 0 bridgehead atoms. The number of hydrogen-bond acceptors (Lipinski definition) is 6. The van der Waals surface area contributed by atoms with Gasteiger partial charge in [-0.1, -0.05) is 24.3 Å². The lowest BCUT2D eigenvalue weighted by atomic mass is 10.3. The zero-order valence-corrected chi connectivity index (χ0v) is 13.9. The molecule has 0 saturated heterocycles. The van der Waals surface area contributed by atoms with Crippen molar-refractivity contribution in [1.82, 2.24) is 4.72 Å². The second kappa shape index (κ2) is 8.66. The maximum atomic E-state index is 11.8. The van der Waals surface area contributed by atoms with E-state index in [1.807, 2.05) is 18.2 Å². The van der Waals surface area contributed by atoms with E-state index < -0.39 is 16.0 Å². The first-order valence-corrected chi connectivity index (χ1v) is 9.31. The van der Waals surface area contributed by atoms with Gasteiger partial charge in [-0.3, -0.25) is 4.79 Å². The SMILES string of the molecule is O=C(CCNS(=O)(=O)c1cccs1)OCCOc1ccccc1. The van der Waals surface area contributed by atoms with Crippen molar-refractivity contribution in [3.63, 3.8) is 0 Å². The molecule has 0 radical (unpaired) electrons. The number of sulfonamides is 1. The quantitative estimate of drug-likeness (QED) is 0.550. The summed E-state index contributed by atoms with van der Waals surface area (Å²) in [6, 6.07) is 12.3. The van der Waals surface area contributed by atoms with E-state index in [4.69, 9.17) is 9.47 Å².